The van der Waals surface area contributed by atoms with Crippen LogP contribution >= 0.6 is 15.9 Å². The van der Waals surface area contributed by atoms with Gasteiger partial charge in [0.25, 0.3) is 0 Å². The van der Waals surface area contributed by atoms with Gasteiger partial charge >= 0.3 is 12.2 Å². The summed E-state index contributed by atoms with van der Waals surface area (Å²) in [6, 6.07) is 0.281. The number of carbonyl (C=O) groups is 3. The average molecular weight is 508 g/mol. The van der Waals surface area contributed by atoms with E-state index in [-0.39, 0.29) is 17.7 Å². The third-order valence-electron chi connectivity index (χ3n) is 5.99. The highest BCUT2D eigenvalue weighted by Crippen LogP contribution is 2.50. The van der Waals surface area contributed by atoms with Crippen LogP contribution in [-0.2, 0) is 20.7 Å². The molecule has 0 aromatic heterocycles. The number of fused-ring (bicyclic) bond motifs is 4. The van der Waals surface area contributed by atoms with Crippen molar-refractivity contribution < 1.29 is 36.7 Å². The number of hydrogen-bond acceptors (Lipinski definition) is 5. The van der Waals surface area contributed by atoms with Crippen LogP contribution in [0.3, 0.4) is 0 Å². The van der Waals surface area contributed by atoms with Crippen LogP contribution in [0.1, 0.15) is 19.4 Å². The van der Waals surface area contributed by atoms with Crippen LogP contribution in [-0.4, -0.2) is 48.8 Å². The van der Waals surface area contributed by atoms with Crippen molar-refractivity contribution in [2.75, 3.05) is 11.4 Å². The van der Waals surface area contributed by atoms with E-state index in [4.69, 9.17) is 4.74 Å². The van der Waals surface area contributed by atoms with Crippen molar-refractivity contribution in [3.8, 4) is 0 Å². The molecule has 1 aromatic carbocycles. The highest BCUT2D eigenvalue weighted by Gasteiger charge is 2.66. The van der Waals surface area contributed by atoms with Crippen LogP contribution < -0.4 is 15.5 Å². The zero-order valence-electron chi connectivity index (χ0n) is 16.3. The lowest BCUT2D eigenvalue weighted by Crippen LogP contribution is -2.77. The van der Waals surface area contributed by atoms with Crippen LogP contribution in [0.5, 0.6) is 0 Å². The first-order valence-corrected chi connectivity index (χ1v) is 10.3. The standard InChI is InChI=1S/C19H18BrF4N3O4/c1-7(2)13-14-18(15(28)25-17(30)26-16(18)29)5-8-3-9(20)4-10(21)12(8)27(14)6-11(31-13)19(22,23)24/h3-4,7,11,13-14H,5-6H2,1-2H3,(H2,25,26,28,29,30)/t11-,13-,14+/m0/s1. The van der Waals surface area contributed by atoms with Crippen molar-refractivity contribution >= 4 is 39.5 Å². The van der Waals surface area contributed by atoms with E-state index < -0.39 is 66.0 Å². The lowest BCUT2D eigenvalue weighted by Gasteiger charge is -2.57. The second kappa shape index (κ2) is 7.16. The number of ether oxygens (including phenoxy) is 1. The van der Waals surface area contributed by atoms with E-state index in [1.807, 2.05) is 10.6 Å². The number of anilines is 1. The number of amides is 4. The summed E-state index contributed by atoms with van der Waals surface area (Å²) in [6.45, 7) is 2.37. The summed E-state index contributed by atoms with van der Waals surface area (Å²) in [5, 5.41) is 4.09. The normalized spacial score (nSPS) is 27.7. The van der Waals surface area contributed by atoms with E-state index in [1.54, 1.807) is 13.8 Å². The Morgan fingerprint density at radius 2 is 1.81 bits per heavy atom. The summed E-state index contributed by atoms with van der Waals surface area (Å²) >= 11 is 3.14. The highest BCUT2D eigenvalue weighted by molar-refractivity contribution is 9.10. The van der Waals surface area contributed by atoms with E-state index in [0.717, 1.165) is 11.0 Å². The fourth-order valence-corrected chi connectivity index (χ4v) is 5.21. The van der Waals surface area contributed by atoms with Crippen LogP contribution in [0.2, 0.25) is 0 Å². The van der Waals surface area contributed by atoms with Gasteiger partial charge in [-0.15, -0.1) is 0 Å². The Kier molecular flexibility index (Phi) is 5.08. The molecule has 0 radical (unpaired) electrons. The number of rotatable bonds is 1. The molecule has 31 heavy (non-hydrogen) atoms. The van der Waals surface area contributed by atoms with Crippen molar-refractivity contribution in [3.05, 3.63) is 28.0 Å². The molecule has 1 spiro atoms. The fourth-order valence-electron chi connectivity index (χ4n) is 4.73. The molecule has 3 heterocycles. The number of carbonyl (C=O) groups excluding carboxylic acids is 3. The number of nitrogens with zero attached hydrogens (tertiary/aromatic N) is 1. The molecule has 3 aliphatic rings. The molecule has 168 valence electrons. The van der Waals surface area contributed by atoms with Crippen LogP contribution in [0, 0.1) is 17.2 Å². The smallest absolute Gasteiger partial charge is 0.361 e. The summed E-state index contributed by atoms with van der Waals surface area (Å²) in [7, 11) is 0. The SMILES string of the molecule is CC(C)[C@@H]1O[C@H](C(F)(F)F)CN2c3c(F)cc(Br)cc3CC3(C(=O)NC(=O)NC3=O)[C@@H]12. The van der Waals surface area contributed by atoms with E-state index in [9.17, 15) is 27.6 Å². The molecule has 0 unspecified atom stereocenters. The molecule has 0 bridgehead atoms. The maximum atomic E-state index is 15.0. The Labute approximate surface area is 182 Å². The van der Waals surface area contributed by atoms with E-state index in [2.05, 4.69) is 15.9 Å². The minimum atomic E-state index is -4.75. The maximum absolute atomic E-state index is 15.0. The molecule has 2 N–H and O–H groups in total. The van der Waals surface area contributed by atoms with E-state index >= 15 is 4.39 Å². The van der Waals surface area contributed by atoms with Gasteiger partial charge in [0, 0.05) is 10.9 Å². The molecule has 4 rings (SSSR count). The summed E-state index contributed by atoms with van der Waals surface area (Å²) in [5.41, 5.74) is -1.92. The monoisotopic (exact) mass is 507 g/mol. The first-order chi connectivity index (χ1) is 14.4. The second-order valence-electron chi connectivity index (χ2n) is 8.25. The van der Waals surface area contributed by atoms with Gasteiger partial charge in [-0.25, -0.2) is 9.18 Å². The van der Waals surface area contributed by atoms with Gasteiger partial charge in [0.1, 0.15) is 5.82 Å². The highest BCUT2D eigenvalue weighted by atomic mass is 79.9. The molecule has 1 aromatic rings. The summed E-state index contributed by atoms with van der Waals surface area (Å²) in [6.07, 6.45) is -8.56. The summed E-state index contributed by atoms with van der Waals surface area (Å²) in [4.78, 5) is 39.0. The lowest BCUT2D eigenvalue weighted by atomic mass is 9.65. The average Bonchev–Trinajstić information content (AvgIpc) is 2.63. The molecule has 7 nitrogen and oxygen atoms in total. The molecular formula is C19H18BrF4N3O4. The zero-order valence-corrected chi connectivity index (χ0v) is 17.9. The van der Waals surface area contributed by atoms with E-state index in [1.165, 1.54) is 6.07 Å². The van der Waals surface area contributed by atoms with Crippen molar-refractivity contribution in [1.82, 2.24) is 10.6 Å². The van der Waals surface area contributed by atoms with Crippen molar-refractivity contribution in [1.29, 1.82) is 0 Å². The number of barbiturate groups is 1. The Morgan fingerprint density at radius 3 is 2.35 bits per heavy atom. The summed E-state index contributed by atoms with van der Waals surface area (Å²) in [5.74, 6) is -3.26. The topological polar surface area (TPSA) is 87.7 Å². The Morgan fingerprint density at radius 1 is 1.19 bits per heavy atom. The molecule has 12 heteroatoms. The first-order valence-electron chi connectivity index (χ1n) is 9.50. The van der Waals surface area contributed by atoms with Gasteiger partial charge in [-0.3, -0.25) is 20.2 Å². The lowest BCUT2D eigenvalue weighted by molar-refractivity contribution is -0.250. The Hall–Kier alpha value is -2.21. The molecule has 0 aliphatic carbocycles. The molecule has 3 atom stereocenters. The van der Waals surface area contributed by atoms with E-state index in [0.29, 0.717) is 4.47 Å². The number of benzene rings is 1. The Bertz CT molecular complexity index is 964. The van der Waals surface area contributed by atoms with Crippen molar-refractivity contribution in [3.63, 3.8) is 0 Å². The number of nitrogens with one attached hydrogen (secondary N) is 2. The van der Waals surface area contributed by atoms with Gasteiger partial charge in [-0.05, 0) is 23.6 Å². The minimum Gasteiger partial charge on any atom is -0.361 e. The number of alkyl halides is 3. The van der Waals surface area contributed by atoms with Gasteiger partial charge < -0.3 is 9.64 Å². The van der Waals surface area contributed by atoms with Crippen molar-refractivity contribution in [2.24, 2.45) is 11.3 Å². The molecule has 2 fully saturated rings. The fraction of sp³-hybridized carbons (Fsp3) is 0.526. The number of morpholine rings is 1. The third-order valence-corrected chi connectivity index (χ3v) is 6.44. The Balaban J connectivity index is 1.97. The zero-order chi connectivity index (χ0) is 22.9. The molecule has 0 saturated carbocycles. The quantitative estimate of drug-likeness (QED) is 0.450. The van der Waals surface area contributed by atoms with Crippen LogP contribution in [0.15, 0.2) is 16.6 Å². The predicted molar refractivity (Wildman–Crippen MR) is 103 cm³/mol. The largest absolute Gasteiger partial charge is 0.416 e. The molecular weight excluding hydrogens is 490 g/mol. The van der Waals surface area contributed by atoms with Gasteiger partial charge in [-0.2, -0.15) is 13.2 Å². The number of imide groups is 2. The minimum absolute atomic E-state index is 0.112. The van der Waals surface area contributed by atoms with Crippen molar-refractivity contribution in [2.45, 2.75) is 44.7 Å². The third kappa shape index (κ3) is 3.30. The predicted octanol–water partition coefficient (Wildman–Crippen LogP) is 2.66. The van der Waals surface area contributed by atoms with Gasteiger partial charge in [0.15, 0.2) is 11.5 Å². The maximum Gasteiger partial charge on any atom is 0.416 e. The molecule has 3 aliphatic heterocycles. The van der Waals surface area contributed by atoms with Crippen LogP contribution in [0.25, 0.3) is 0 Å². The molecule has 2 saturated heterocycles. The number of halogens is 5. The number of hydrogen-bond donors (Lipinski definition) is 2. The number of urea groups is 1. The van der Waals surface area contributed by atoms with Gasteiger partial charge in [-0.1, -0.05) is 29.8 Å². The van der Waals surface area contributed by atoms with Gasteiger partial charge in [0.2, 0.25) is 11.8 Å². The van der Waals surface area contributed by atoms with Crippen LogP contribution in [0.4, 0.5) is 28.0 Å². The molecule has 4 amide bonds. The first kappa shape index (κ1) is 22.0. The summed E-state index contributed by atoms with van der Waals surface area (Å²) < 4.78 is 61.7. The van der Waals surface area contributed by atoms with Gasteiger partial charge in [0.05, 0.1) is 24.4 Å². The second-order valence-corrected chi connectivity index (χ2v) is 9.17.